The van der Waals surface area contributed by atoms with E-state index in [4.69, 9.17) is 0 Å². The smallest absolute Gasteiger partial charge is 0.224 e. The standard InChI is InChI=1S/C18H28N2O3S/c1-15(2)19-18(21)17-11-6-12-20(14-17)24(22,23)13-7-10-16-8-4-3-5-9-16/h3-5,8-9,15,17H,6-7,10-14H2,1-2H3,(H,19,21). The highest BCUT2D eigenvalue weighted by Gasteiger charge is 2.32. The molecule has 0 radical (unpaired) electrons. The largest absolute Gasteiger partial charge is 0.354 e. The summed E-state index contributed by atoms with van der Waals surface area (Å²) in [5.74, 6) is -0.125. The number of sulfonamides is 1. The number of amides is 1. The Kier molecular flexibility index (Phi) is 6.80. The van der Waals surface area contributed by atoms with E-state index in [2.05, 4.69) is 5.32 Å². The molecule has 2 rings (SSSR count). The predicted octanol–water partition coefficient (Wildman–Crippen LogP) is 2.19. The summed E-state index contributed by atoms with van der Waals surface area (Å²) in [6, 6.07) is 9.99. The Morgan fingerprint density at radius 1 is 1.29 bits per heavy atom. The molecule has 1 atom stereocenters. The third-order valence-electron chi connectivity index (χ3n) is 4.29. The maximum absolute atomic E-state index is 12.6. The summed E-state index contributed by atoms with van der Waals surface area (Å²) >= 11 is 0. The van der Waals surface area contributed by atoms with Gasteiger partial charge in [0.15, 0.2) is 0 Å². The quantitative estimate of drug-likeness (QED) is 0.818. The van der Waals surface area contributed by atoms with Gasteiger partial charge >= 0.3 is 0 Å². The third-order valence-corrected chi connectivity index (χ3v) is 6.21. The van der Waals surface area contributed by atoms with Crippen LogP contribution in [0.2, 0.25) is 0 Å². The Bertz CT molecular complexity index is 629. The molecular weight excluding hydrogens is 324 g/mol. The average Bonchev–Trinajstić information content (AvgIpc) is 2.55. The van der Waals surface area contributed by atoms with E-state index < -0.39 is 10.0 Å². The van der Waals surface area contributed by atoms with Gasteiger partial charge in [-0.3, -0.25) is 4.79 Å². The molecule has 24 heavy (non-hydrogen) atoms. The number of hydrogen-bond donors (Lipinski definition) is 1. The molecule has 134 valence electrons. The lowest BCUT2D eigenvalue weighted by Crippen LogP contribution is -2.47. The topological polar surface area (TPSA) is 66.5 Å². The van der Waals surface area contributed by atoms with Gasteiger partial charge < -0.3 is 5.32 Å². The van der Waals surface area contributed by atoms with Crippen molar-refractivity contribution in [3.05, 3.63) is 35.9 Å². The van der Waals surface area contributed by atoms with E-state index in [9.17, 15) is 13.2 Å². The van der Waals surface area contributed by atoms with Gasteiger partial charge in [0, 0.05) is 19.1 Å². The fraction of sp³-hybridized carbons (Fsp3) is 0.611. The van der Waals surface area contributed by atoms with Crippen molar-refractivity contribution in [1.82, 2.24) is 9.62 Å². The number of carbonyl (C=O) groups is 1. The molecule has 1 aromatic rings. The van der Waals surface area contributed by atoms with Gasteiger partial charge in [0.1, 0.15) is 0 Å². The van der Waals surface area contributed by atoms with Crippen molar-refractivity contribution in [2.45, 2.75) is 45.6 Å². The van der Waals surface area contributed by atoms with Crippen LogP contribution < -0.4 is 5.32 Å². The molecule has 1 heterocycles. The summed E-state index contributed by atoms with van der Waals surface area (Å²) in [5.41, 5.74) is 1.15. The zero-order valence-electron chi connectivity index (χ0n) is 14.6. The molecule has 1 aliphatic rings. The maximum atomic E-state index is 12.6. The molecule has 1 fully saturated rings. The number of hydrogen-bond acceptors (Lipinski definition) is 3. The second kappa shape index (κ2) is 8.62. The van der Waals surface area contributed by atoms with Crippen molar-refractivity contribution >= 4 is 15.9 Å². The van der Waals surface area contributed by atoms with Gasteiger partial charge in [0.25, 0.3) is 0 Å². The highest BCUT2D eigenvalue weighted by molar-refractivity contribution is 7.89. The van der Waals surface area contributed by atoms with Gasteiger partial charge in [-0.15, -0.1) is 0 Å². The third kappa shape index (κ3) is 5.60. The maximum Gasteiger partial charge on any atom is 0.224 e. The van der Waals surface area contributed by atoms with Crippen molar-refractivity contribution in [1.29, 1.82) is 0 Å². The molecule has 1 unspecified atom stereocenters. The first kappa shape index (κ1) is 18.9. The second-order valence-electron chi connectivity index (χ2n) is 6.77. The van der Waals surface area contributed by atoms with Gasteiger partial charge in [-0.25, -0.2) is 12.7 Å². The monoisotopic (exact) mass is 352 g/mol. The normalized spacial score (nSPS) is 19.4. The molecule has 0 saturated carbocycles. The first-order valence-electron chi connectivity index (χ1n) is 8.70. The molecule has 1 amide bonds. The Hall–Kier alpha value is -1.40. The molecule has 0 bridgehead atoms. The Morgan fingerprint density at radius 2 is 2.00 bits per heavy atom. The Labute approximate surface area is 145 Å². The van der Waals surface area contributed by atoms with Crippen LogP contribution in [0.25, 0.3) is 0 Å². The van der Waals surface area contributed by atoms with Gasteiger partial charge in [0.2, 0.25) is 15.9 Å². The second-order valence-corrected chi connectivity index (χ2v) is 8.85. The fourth-order valence-electron chi connectivity index (χ4n) is 3.04. The summed E-state index contributed by atoms with van der Waals surface area (Å²) in [7, 11) is -3.30. The van der Waals surface area contributed by atoms with Crippen LogP contribution in [-0.2, 0) is 21.2 Å². The van der Waals surface area contributed by atoms with E-state index in [1.165, 1.54) is 4.31 Å². The van der Waals surface area contributed by atoms with Crippen LogP contribution in [0.3, 0.4) is 0 Å². The molecule has 1 aliphatic heterocycles. The van der Waals surface area contributed by atoms with Crippen LogP contribution >= 0.6 is 0 Å². The van der Waals surface area contributed by atoms with Crippen LogP contribution in [0.1, 0.15) is 38.7 Å². The number of aryl methyl sites for hydroxylation is 1. The minimum absolute atomic E-state index is 0.0332. The zero-order valence-corrected chi connectivity index (χ0v) is 15.4. The van der Waals surface area contributed by atoms with E-state index in [1.54, 1.807) is 0 Å². The lowest BCUT2D eigenvalue weighted by atomic mass is 9.98. The van der Waals surface area contributed by atoms with Crippen molar-refractivity contribution in [2.75, 3.05) is 18.8 Å². The molecule has 5 nitrogen and oxygen atoms in total. The van der Waals surface area contributed by atoms with Crippen LogP contribution in [0.5, 0.6) is 0 Å². The van der Waals surface area contributed by atoms with E-state index in [0.29, 0.717) is 19.5 Å². The van der Waals surface area contributed by atoms with E-state index >= 15 is 0 Å². The summed E-state index contributed by atoms with van der Waals surface area (Å²) in [4.78, 5) is 12.1. The van der Waals surface area contributed by atoms with Gasteiger partial charge in [-0.2, -0.15) is 0 Å². The van der Waals surface area contributed by atoms with Crippen LogP contribution in [0.15, 0.2) is 30.3 Å². The Balaban J connectivity index is 1.87. The molecule has 1 aromatic carbocycles. The average molecular weight is 353 g/mol. The Morgan fingerprint density at radius 3 is 2.67 bits per heavy atom. The van der Waals surface area contributed by atoms with Gasteiger partial charge in [-0.05, 0) is 45.1 Å². The number of carbonyl (C=O) groups excluding carboxylic acids is 1. The highest BCUT2D eigenvalue weighted by Crippen LogP contribution is 2.20. The zero-order chi connectivity index (χ0) is 17.6. The van der Waals surface area contributed by atoms with Gasteiger partial charge in [-0.1, -0.05) is 30.3 Å². The lowest BCUT2D eigenvalue weighted by Gasteiger charge is -2.31. The molecule has 0 spiro atoms. The minimum Gasteiger partial charge on any atom is -0.354 e. The fourth-order valence-corrected chi connectivity index (χ4v) is 4.63. The summed E-state index contributed by atoms with van der Waals surface area (Å²) in [6.07, 6.45) is 2.86. The van der Waals surface area contributed by atoms with Crippen molar-refractivity contribution in [3.8, 4) is 0 Å². The summed E-state index contributed by atoms with van der Waals surface area (Å²) < 4.78 is 26.6. The minimum atomic E-state index is -3.30. The van der Waals surface area contributed by atoms with E-state index in [1.807, 2.05) is 44.2 Å². The van der Waals surface area contributed by atoms with Crippen LogP contribution in [0.4, 0.5) is 0 Å². The SMILES string of the molecule is CC(C)NC(=O)C1CCCN(S(=O)(=O)CCCc2ccccc2)C1. The van der Waals surface area contributed by atoms with E-state index in [0.717, 1.165) is 24.8 Å². The number of benzene rings is 1. The van der Waals surface area contributed by atoms with Crippen molar-refractivity contribution < 1.29 is 13.2 Å². The number of rotatable bonds is 7. The van der Waals surface area contributed by atoms with Crippen molar-refractivity contribution in [3.63, 3.8) is 0 Å². The molecule has 1 N–H and O–H groups in total. The molecule has 6 heteroatoms. The molecule has 0 aromatic heterocycles. The molecular formula is C18H28N2O3S. The lowest BCUT2D eigenvalue weighted by molar-refractivity contribution is -0.126. The summed E-state index contributed by atoms with van der Waals surface area (Å²) in [6.45, 7) is 4.67. The predicted molar refractivity (Wildman–Crippen MR) is 96.1 cm³/mol. The number of nitrogens with zero attached hydrogens (tertiary/aromatic N) is 1. The number of nitrogens with one attached hydrogen (secondary N) is 1. The molecule has 1 saturated heterocycles. The van der Waals surface area contributed by atoms with E-state index in [-0.39, 0.29) is 23.6 Å². The molecule has 0 aliphatic carbocycles. The van der Waals surface area contributed by atoms with Gasteiger partial charge in [0.05, 0.1) is 11.7 Å². The number of piperidine rings is 1. The first-order chi connectivity index (χ1) is 11.4. The first-order valence-corrected chi connectivity index (χ1v) is 10.3. The summed E-state index contributed by atoms with van der Waals surface area (Å²) in [5, 5.41) is 2.89. The highest BCUT2D eigenvalue weighted by atomic mass is 32.2. The van der Waals surface area contributed by atoms with Crippen molar-refractivity contribution in [2.24, 2.45) is 5.92 Å². The van der Waals surface area contributed by atoms with Crippen LogP contribution in [0, 0.1) is 5.92 Å². The van der Waals surface area contributed by atoms with Crippen LogP contribution in [-0.4, -0.2) is 43.5 Å².